The lowest BCUT2D eigenvalue weighted by atomic mass is 9.80. The third-order valence-corrected chi connectivity index (χ3v) is 7.74. The van der Waals surface area contributed by atoms with Gasteiger partial charge in [-0.3, -0.25) is 9.59 Å². The second-order valence-electron chi connectivity index (χ2n) is 10.9. The first-order valence-electron chi connectivity index (χ1n) is 12.3. The van der Waals surface area contributed by atoms with Crippen molar-refractivity contribution < 1.29 is 27.9 Å². The lowest BCUT2D eigenvalue weighted by molar-refractivity contribution is -0.137. The smallest absolute Gasteiger partial charge is 0.388 e. The Labute approximate surface area is 217 Å². The SMILES string of the molecule is C[C@H]1CCCN1C(=O)c1nc(C(=O)NCC2(O)CCC2)sc1-c1cnc(NC(C)(C)C)cc1C(F)(F)F. The number of likely N-dealkylation sites (tertiary alicyclic amines) is 1. The first kappa shape index (κ1) is 27.3. The Morgan fingerprint density at radius 2 is 1.95 bits per heavy atom. The Kier molecular flexibility index (Phi) is 7.28. The van der Waals surface area contributed by atoms with Gasteiger partial charge in [-0.2, -0.15) is 13.2 Å². The second kappa shape index (κ2) is 9.86. The van der Waals surface area contributed by atoms with Gasteiger partial charge >= 0.3 is 6.18 Å². The highest BCUT2D eigenvalue weighted by molar-refractivity contribution is 7.17. The van der Waals surface area contributed by atoms with E-state index in [1.807, 2.05) is 6.92 Å². The van der Waals surface area contributed by atoms with Gasteiger partial charge in [0, 0.05) is 36.4 Å². The number of rotatable bonds is 6. The minimum atomic E-state index is -4.74. The highest BCUT2D eigenvalue weighted by atomic mass is 32.1. The summed E-state index contributed by atoms with van der Waals surface area (Å²) in [6.07, 6.45) is -0.138. The number of aromatic nitrogens is 2. The lowest BCUT2D eigenvalue weighted by Gasteiger charge is -2.36. The Balaban J connectivity index is 1.77. The first-order valence-corrected chi connectivity index (χ1v) is 13.2. The highest BCUT2D eigenvalue weighted by Gasteiger charge is 2.39. The van der Waals surface area contributed by atoms with Crippen LogP contribution in [0.1, 0.15) is 85.7 Å². The minimum Gasteiger partial charge on any atom is -0.388 e. The van der Waals surface area contributed by atoms with Crippen molar-refractivity contribution in [2.24, 2.45) is 0 Å². The van der Waals surface area contributed by atoms with Crippen molar-refractivity contribution in [1.29, 1.82) is 0 Å². The number of thiazole rings is 1. The fourth-order valence-electron chi connectivity index (χ4n) is 4.52. The molecule has 3 heterocycles. The van der Waals surface area contributed by atoms with Gasteiger partial charge in [0.15, 0.2) is 5.01 Å². The zero-order chi connectivity index (χ0) is 27.2. The summed E-state index contributed by atoms with van der Waals surface area (Å²) in [5, 5.41) is 15.7. The normalized spacial score (nSPS) is 19.5. The van der Waals surface area contributed by atoms with Gasteiger partial charge in [-0.05, 0) is 65.9 Å². The maximum absolute atomic E-state index is 14.2. The number of anilines is 1. The van der Waals surface area contributed by atoms with Crippen LogP contribution < -0.4 is 10.6 Å². The number of amides is 2. The average Bonchev–Trinajstić information content (AvgIpc) is 3.40. The third kappa shape index (κ3) is 6.06. The number of hydrogen-bond acceptors (Lipinski definition) is 7. The number of carbonyl (C=O) groups excluding carboxylic acids is 2. The van der Waals surface area contributed by atoms with E-state index in [1.165, 1.54) is 0 Å². The molecular weight excluding hydrogens is 507 g/mol. The van der Waals surface area contributed by atoms with Crippen LogP contribution in [0.3, 0.4) is 0 Å². The minimum absolute atomic E-state index is 0.00963. The summed E-state index contributed by atoms with van der Waals surface area (Å²) in [6.45, 7) is 7.76. The highest BCUT2D eigenvalue weighted by Crippen LogP contribution is 2.42. The summed E-state index contributed by atoms with van der Waals surface area (Å²) < 4.78 is 42.7. The van der Waals surface area contributed by atoms with E-state index in [-0.39, 0.29) is 39.5 Å². The van der Waals surface area contributed by atoms with Crippen LogP contribution in [0.25, 0.3) is 10.4 Å². The molecule has 1 aliphatic heterocycles. The number of carbonyl (C=O) groups is 2. The Hall–Kier alpha value is -2.73. The molecule has 1 saturated heterocycles. The Bertz CT molecular complexity index is 1190. The number of nitrogens with one attached hydrogen (secondary N) is 2. The maximum atomic E-state index is 14.2. The molecule has 1 aliphatic carbocycles. The maximum Gasteiger partial charge on any atom is 0.417 e. The van der Waals surface area contributed by atoms with E-state index in [0.717, 1.165) is 42.9 Å². The van der Waals surface area contributed by atoms with Crippen molar-refractivity contribution in [3.8, 4) is 10.4 Å². The van der Waals surface area contributed by atoms with E-state index in [2.05, 4.69) is 20.6 Å². The summed E-state index contributed by atoms with van der Waals surface area (Å²) in [4.78, 5) is 36.3. The molecule has 8 nitrogen and oxygen atoms in total. The van der Waals surface area contributed by atoms with Crippen molar-refractivity contribution in [3.63, 3.8) is 0 Å². The van der Waals surface area contributed by atoms with Gasteiger partial charge in [0.05, 0.1) is 16.0 Å². The second-order valence-corrected chi connectivity index (χ2v) is 11.9. The summed E-state index contributed by atoms with van der Waals surface area (Å²) in [5.74, 6) is -1.12. The van der Waals surface area contributed by atoms with Gasteiger partial charge in [0.25, 0.3) is 11.8 Å². The molecule has 2 aliphatic rings. The average molecular weight is 540 g/mol. The quantitative estimate of drug-likeness (QED) is 0.491. The van der Waals surface area contributed by atoms with Crippen LogP contribution in [0, 0.1) is 0 Å². The molecule has 0 radical (unpaired) electrons. The van der Waals surface area contributed by atoms with Gasteiger partial charge in [-0.15, -0.1) is 11.3 Å². The van der Waals surface area contributed by atoms with Crippen LogP contribution in [0.5, 0.6) is 0 Å². The van der Waals surface area contributed by atoms with Gasteiger partial charge in [0.1, 0.15) is 11.5 Å². The van der Waals surface area contributed by atoms with Gasteiger partial charge in [-0.1, -0.05) is 0 Å². The van der Waals surface area contributed by atoms with Gasteiger partial charge < -0.3 is 20.6 Å². The molecule has 4 rings (SSSR count). The Morgan fingerprint density at radius 1 is 1.24 bits per heavy atom. The number of hydrogen-bond donors (Lipinski definition) is 3. The molecule has 2 amide bonds. The third-order valence-electron chi connectivity index (χ3n) is 6.66. The molecule has 3 N–H and O–H groups in total. The van der Waals surface area contributed by atoms with Crippen LogP contribution in [0.4, 0.5) is 19.0 Å². The van der Waals surface area contributed by atoms with E-state index in [4.69, 9.17) is 0 Å². The predicted molar refractivity (Wildman–Crippen MR) is 135 cm³/mol. The van der Waals surface area contributed by atoms with Crippen molar-refractivity contribution >= 4 is 29.0 Å². The van der Waals surface area contributed by atoms with Crippen LogP contribution in [-0.4, -0.2) is 62.1 Å². The van der Waals surface area contributed by atoms with Gasteiger partial charge in [-0.25, -0.2) is 9.97 Å². The number of alkyl halides is 3. The molecule has 0 unspecified atom stereocenters. The summed E-state index contributed by atoms with van der Waals surface area (Å²) in [6, 6.07) is 0.824. The zero-order valence-electron chi connectivity index (χ0n) is 21.3. The van der Waals surface area contributed by atoms with Crippen molar-refractivity contribution in [3.05, 3.63) is 28.5 Å². The van der Waals surface area contributed by atoms with Crippen molar-refractivity contribution in [2.75, 3.05) is 18.4 Å². The molecule has 2 aromatic heterocycles. The van der Waals surface area contributed by atoms with E-state index in [1.54, 1.807) is 25.7 Å². The molecule has 2 fully saturated rings. The molecule has 1 atom stereocenters. The van der Waals surface area contributed by atoms with Crippen LogP contribution >= 0.6 is 11.3 Å². The van der Waals surface area contributed by atoms with E-state index in [0.29, 0.717) is 19.4 Å². The number of pyridine rings is 1. The van der Waals surface area contributed by atoms with Crippen molar-refractivity contribution in [2.45, 2.75) is 83.2 Å². The van der Waals surface area contributed by atoms with Crippen LogP contribution in [0.2, 0.25) is 0 Å². The largest absolute Gasteiger partial charge is 0.417 e. The summed E-state index contributed by atoms with van der Waals surface area (Å²) in [7, 11) is 0. The fraction of sp³-hybridized carbons (Fsp3) is 0.600. The van der Waals surface area contributed by atoms with Crippen LogP contribution in [0.15, 0.2) is 12.3 Å². The number of halogens is 3. The number of aliphatic hydroxyl groups is 1. The molecule has 2 aromatic rings. The summed E-state index contributed by atoms with van der Waals surface area (Å²) >= 11 is 0.722. The zero-order valence-corrected chi connectivity index (χ0v) is 22.1. The van der Waals surface area contributed by atoms with Crippen LogP contribution in [-0.2, 0) is 6.18 Å². The molecule has 0 bridgehead atoms. The first-order chi connectivity index (χ1) is 17.2. The molecule has 37 heavy (non-hydrogen) atoms. The lowest BCUT2D eigenvalue weighted by Crippen LogP contribution is -2.47. The molecule has 202 valence electrons. The molecule has 0 spiro atoms. The molecule has 1 saturated carbocycles. The molecule has 0 aromatic carbocycles. The van der Waals surface area contributed by atoms with Crippen molar-refractivity contribution in [1.82, 2.24) is 20.2 Å². The Morgan fingerprint density at radius 3 is 2.49 bits per heavy atom. The number of nitrogens with zero attached hydrogens (tertiary/aromatic N) is 3. The predicted octanol–water partition coefficient (Wildman–Crippen LogP) is 4.70. The summed E-state index contributed by atoms with van der Waals surface area (Å²) in [5.41, 5.74) is -2.99. The van der Waals surface area contributed by atoms with E-state index >= 15 is 0 Å². The fourth-order valence-corrected chi connectivity index (χ4v) is 5.52. The standard InChI is InChI=1S/C25H32F3N5O3S/c1-14-7-5-10-33(14)22(35)18-19(37-21(31-18)20(34)30-13-24(36)8-6-9-24)15-12-29-17(32-23(2,3)4)11-16(15)25(26,27)28/h11-12,14,36H,5-10,13H2,1-4H3,(H,29,32)(H,30,34)/t14-/m0/s1. The molecule has 12 heteroatoms. The topological polar surface area (TPSA) is 107 Å². The van der Waals surface area contributed by atoms with E-state index in [9.17, 15) is 27.9 Å². The van der Waals surface area contributed by atoms with Gasteiger partial charge in [0.2, 0.25) is 0 Å². The monoisotopic (exact) mass is 539 g/mol. The molecular formula is C25H32F3N5O3S. The van der Waals surface area contributed by atoms with E-state index < -0.39 is 34.7 Å².